The summed E-state index contributed by atoms with van der Waals surface area (Å²) in [5.41, 5.74) is 0.351. The zero-order valence-electron chi connectivity index (χ0n) is 15.1. The largest absolute Gasteiger partial charge is 0.506 e. The number of benzene rings is 1. The first kappa shape index (κ1) is 19.9. The van der Waals surface area contributed by atoms with Gasteiger partial charge in [0.05, 0.1) is 22.4 Å². The zero-order chi connectivity index (χ0) is 20.1. The van der Waals surface area contributed by atoms with E-state index in [9.17, 15) is 23.1 Å². The van der Waals surface area contributed by atoms with Crippen LogP contribution in [0.3, 0.4) is 0 Å². The number of nitrogens with zero attached hydrogens (tertiary/aromatic N) is 1. The molecular formula is C18H21N3O6S. The van der Waals surface area contributed by atoms with Crippen LogP contribution in [0.15, 0.2) is 46.1 Å². The van der Waals surface area contributed by atoms with Crippen molar-refractivity contribution in [2.24, 2.45) is 0 Å². The third-order valence-electron chi connectivity index (χ3n) is 4.37. The second kappa shape index (κ2) is 8.44. The molecule has 0 atom stereocenters. The fraction of sp³-hybridized carbons (Fsp3) is 0.333. The first-order valence-electron chi connectivity index (χ1n) is 8.81. The number of sulfonamides is 1. The highest BCUT2D eigenvalue weighted by molar-refractivity contribution is 7.89. The Bertz CT molecular complexity index is 950. The molecule has 1 aliphatic heterocycles. The van der Waals surface area contributed by atoms with Gasteiger partial charge in [-0.05, 0) is 37.1 Å². The second-order valence-electron chi connectivity index (χ2n) is 6.36. The molecule has 0 unspecified atom stereocenters. The molecule has 0 saturated carbocycles. The lowest BCUT2D eigenvalue weighted by atomic mass is 10.2. The van der Waals surface area contributed by atoms with E-state index in [4.69, 9.17) is 4.42 Å². The normalized spacial score (nSPS) is 14.7. The predicted molar refractivity (Wildman–Crippen MR) is 100 cm³/mol. The molecule has 1 saturated heterocycles. The van der Waals surface area contributed by atoms with Crippen molar-refractivity contribution >= 4 is 27.5 Å². The number of phenolic OH excluding ortho intramolecular Hbond substituents is 1. The van der Waals surface area contributed by atoms with Gasteiger partial charge in [0.2, 0.25) is 15.9 Å². The highest BCUT2D eigenvalue weighted by Gasteiger charge is 2.27. The third kappa shape index (κ3) is 4.52. The minimum atomic E-state index is -3.66. The summed E-state index contributed by atoms with van der Waals surface area (Å²) in [6.45, 7) is 0.991. The molecule has 0 spiro atoms. The van der Waals surface area contributed by atoms with Crippen molar-refractivity contribution in [2.75, 3.05) is 25.0 Å². The molecule has 3 N–H and O–H groups in total. The van der Waals surface area contributed by atoms with Gasteiger partial charge in [-0.2, -0.15) is 4.31 Å². The molecule has 1 fully saturated rings. The number of hydrogen-bond acceptors (Lipinski definition) is 6. The van der Waals surface area contributed by atoms with E-state index >= 15 is 0 Å². The first-order chi connectivity index (χ1) is 13.4. The van der Waals surface area contributed by atoms with Crippen LogP contribution in [0.2, 0.25) is 0 Å². The number of nitrogens with one attached hydrogen (secondary N) is 2. The van der Waals surface area contributed by atoms with E-state index in [0.29, 0.717) is 18.7 Å². The number of carbonyl (C=O) groups is 2. The van der Waals surface area contributed by atoms with Crippen molar-refractivity contribution < 1.29 is 27.5 Å². The fourth-order valence-electron chi connectivity index (χ4n) is 2.85. The summed E-state index contributed by atoms with van der Waals surface area (Å²) in [5, 5.41) is 15.0. The maximum Gasteiger partial charge on any atom is 0.254 e. The van der Waals surface area contributed by atoms with Gasteiger partial charge in [0.15, 0.2) is 0 Å². The summed E-state index contributed by atoms with van der Waals surface area (Å²) in [7, 11) is -3.66. The summed E-state index contributed by atoms with van der Waals surface area (Å²) >= 11 is 0. The number of carbonyl (C=O) groups excluding carboxylic acids is 2. The molecule has 1 aliphatic rings. The third-order valence-corrected chi connectivity index (χ3v) is 6.26. The zero-order valence-corrected chi connectivity index (χ0v) is 15.9. The minimum absolute atomic E-state index is 0.00596. The van der Waals surface area contributed by atoms with Crippen LogP contribution in [-0.2, 0) is 14.8 Å². The van der Waals surface area contributed by atoms with Crippen molar-refractivity contribution in [3.05, 3.63) is 42.4 Å². The molecule has 1 aromatic heterocycles. The average molecular weight is 407 g/mol. The Balaban J connectivity index is 1.60. The molecule has 0 bridgehead atoms. The van der Waals surface area contributed by atoms with Gasteiger partial charge < -0.3 is 20.2 Å². The van der Waals surface area contributed by atoms with Gasteiger partial charge in [-0.15, -0.1) is 0 Å². The maximum atomic E-state index is 12.6. The number of furan rings is 1. The quantitative estimate of drug-likeness (QED) is 0.597. The summed E-state index contributed by atoms with van der Waals surface area (Å²) in [4.78, 5) is 23.9. The van der Waals surface area contributed by atoms with Gasteiger partial charge in [0.25, 0.3) is 5.91 Å². The van der Waals surface area contributed by atoms with Gasteiger partial charge >= 0.3 is 0 Å². The van der Waals surface area contributed by atoms with Gasteiger partial charge in [0, 0.05) is 26.1 Å². The average Bonchev–Trinajstić information content (AvgIpc) is 3.37. The minimum Gasteiger partial charge on any atom is -0.506 e. The van der Waals surface area contributed by atoms with Gasteiger partial charge in [-0.25, -0.2) is 8.42 Å². The second-order valence-corrected chi connectivity index (χ2v) is 8.29. The molecule has 3 rings (SSSR count). The maximum absolute atomic E-state index is 12.6. The highest BCUT2D eigenvalue weighted by Crippen LogP contribution is 2.29. The first-order valence-corrected chi connectivity index (χ1v) is 10.3. The SMILES string of the molecule is O=C(CCNC(=O)c1ccoc1)Nc1cc(S(=O)(=O)N2CCCC2)ccc1O. The molecule has 2 amide bonds. The Morgan fingerprint density at radius 2 is 1.93 bits per heavy atom. The summed E-state index contributed by atoms with van der Waals surface area (Å²) < 4.78 is 31.4. The lowest BCUT2D eigenvalue weighted by molar-refractivity contribution is -0.116. The van der Waals surface area contributed by atoms with Gasteiger partial charge in [-0.3, -0.25) is 9.59 Å². The van der Waals surface area contributed by atoms with E-state index in [0.717, 1.165) is 12.8 Å². The molecule has 0 radical (unpaired) electrons. The van der Waals surface area contributed by atoms with Gasteiger partial charge in [-0.1, -0.05) is 0 Å². The van der Waals surface area contributed by atoms with E-state index in [1.165, 1.54) is 41.1 Å². The van der Waals surface area contributed by atoms with Crippen molar-refractivity contribution in [1.29, 1.82) is 0 Å². The number of phenols is 1. The van der Waals surface area contributed by atoms with Crippen LogP contribution in [-0.4, -0.2) is 49.3 Å². The van der Waals surface area contributed by atoms with Crippen LogP contribution < -0.4 is 10.6 Å². The van der Waals surface area contributed by atoms with Crippen LogP contribution in [0.4, 0.5) is 5.69 Å². The summed E-state index contributed by atoms with van der Waals surface area (Å²) in [5.74, 6) is -1.09. The van der Waals surface area contributed by atoms with Crippen molar-refractivity contribution in [3.8, 4) is 5.75 Å². The van der Waals surface area contributed by atoms with Crippen molar-refractivity contribution in [2.45, 2.75) is 24.2 Å². The molecule has 1 aromatic carbocycles. The van der Waals surface area contributed by atoms with Gasteiger partial charge in [0.1, 0.15) is 12.0 Å². The van der Waals surface area contributed by atoms with E-state index < -0.39 is 15.9 Å². The van der Waals surface area contributed by atoms with Crippen molar-refractivity contribution in [1.82, 2.24) is 9.62 Å². The number of rotatable bonds is 7. The molecule has 0 aliphatic carbocycles. The molecular weight excluding hydrogens is 386 g/mol. The molecule has 28 heavy (non-hydrogen) atoms. The van der Waals surface area contributed by atoms with Crippen LogP contribution in [0.1, 0.15) is 29.6 Å². The summed E-state index contributed by atoms with van der Waals surface area (Å²) in [6, 6.07) is 5.29. The number of anilines is 1. The van der Waals surface area contributed by atoms with Crippen LogP contribution in [0.25, 0.3) is 0 Å². The predicted octanol–water partition coefficient (Wildman–Crippen LogP) is 1.53. The van der Waals surface area contributed by atoms with E-state index in [1.54, 1.807) is 0 Å². The molecule has 2 aromatic rings. The van der Waals surface area contributed by atoms with E-state index in [-0.39, 0.29) is 35.2 Å². The smallest absolute Gasteiger partial charge is 0.254 e. The number of hydrogen-bond donors (Lipinski definition) is 3. The summed E-state index contributed by atoms with van der Waals surface area (Å²) in [6.07, 6.45) is 4.23. The van der Waals surface area contributed by atoms with E-state index in [2.05, 4.69) is 10.6 Å². The Morgan fingerprint density at radius 3 is 2.61 bits per heavy atom. The molecule has 9 nitrogen and oxygen atoms in total. The van der Waals surface area contributed by atoms with Crippen LogP contribution in [0.5, 0.6) is 5.75 Å². The lowest BCUT2D eigenvalue weighted by Crippen LogP contribution is -2.28. The number of amides is 2. The number of aromatic hydroxyl groups is 1. The standard InChI is InChI=1S/C18H21N3O6S/c22-16-4-3-14(28(25,26)21-8-1-2-9-21)11-15(16)20-17(23)5-7-19-18(24)13-6-10-27-12-13/h3-4,6,10-12,22H,1-2,5,7-9H2,(H,19,24)(H,20,23). The van der Waals surface area contributed by atoms with Crippen molar-refractivity contribution in [3.63, 3.8) is 0 Å². The lowest BCUT2D eigenvalue weighted by Gasteiger charge is -2.16. The van der Waals surface area contributed by atoms with Crippen LogP contribution >= 0.6 is 0 Å². The topological polar surface area (TPSA) is 129 Å². The fourth-order valence-corrected chi connectivity index (χ4v) is 4.40. The Kier molecular flexibility index (Phi) is 6.00. The highest BCUT2D eigenvalue weighted by atomic mass is 32.2. The molecule has 150 valence electrons. The Hall–Kier alpha value is -2.85. The monoisotopic (exact) mass is 407 g/mol. The molecule has 2 heterocycles. The molecule has 10 heteroatoms. The Morgan fingerprint density at radius 1 is 1.18 bits per heavy atom. The van der Waals surface area contributed by atoms with Crippen LogP contribution in [0, 0.1) is 0 Å². The van der Waals surface area contributed by atoms with E-state index in [1.807, 2.05) is 0 Å². The Labute approximate surface area is 162 Å².